The highest BCUT2D eigenvalue weighted by atomic mass is 127. The van der Waals surface area contributed by atoms with Crippen molar-refractivity contribution in [2.75, 3.05) is 39.9 Å². The van der Waals surface area contributed by atoms with Crippen LogP contribution in [-0.2, 0) is 22.6 Å². The molecule has 8 nitrogen and oxygen atoms in total. The summed E-state index contributed by atoms with van der Waals surface area (Å²) in [6.07, 6.45) is 2.21. The molecule has 1 saturated heterocycles. The maximum Gasteiger partial charge on any atom is 0.241 e. The molecule has 0 saturated carbocycles. The van der Waals surface area contributed by atoms with Gasteiger partial charge in [0, 0.05) is 38.0 Å². The summed E-state index contributed by atoms with van der Waals surface area (Å²) in [7, 11) is 1.69. The summed E-state index contributed by atoms with van der Waals surface area (Å²) in [5, 5.41) is 10.9. The molecule has 1 fully saturated rings. The first-order valence-corrected chi connectivity index (χ1v) is 9.38. The van der Waals surface area contributed by atoms with Gasteiger partial charge in [-0.05, 0) is 33.6 Å². The van der Waals surface area contributed by atoms with Gasteiger partial charge in [0.2, 0.25) is 5.91 Å². The highest BCUT2D eigenvalue weighted by Crippen LogP contribution is 2.14. The number of ether oxygens (including phenoxy) is 1. The third-order valence-electron chi connectivity index (χ3n) is 4.64. The van der Waals surface area contributed by atoms with Gasteiger partial charge in [-0.3, -0.25) is 9.48 Å². The van der Waals surface area contributed by atoms with Gasteiger partial charge in [-0.15, -0.1) is 24.0 Å². The van der Waals surface area contributed by atoms with Crippen molar-refractivity contribution in [3.05, 3.63) is 17.0 Å². The number of carbonyl (C=O) groups is 1. The van der Waals surface area contributed by atoms with Crippen molar-refractivity contribution in [1.82, 2.24) is 25.3 Å². The SMILES string of the molecule is CCNC(=NCc1c(C)nn(CCOC)c1C)NCC(=O)N1CCCC1.I. The number of hydrogen-bond donors (Lipinski definition) is 2. The number of nitrogens with one attached hydrogen (secondary N) is 2. The predicted octanol–water partition coefficient (Wildman–Crippen LogP) is 1.44. The van der Waals surface area contributed by atoms with Crippen LogP contribution in [0.1, 0.15) is 36.7 Å². The molecule has 1 aromatic heterocycles. The summed E-state index contributed by atoms with van der Waals surface area (Å²) in [6.45, 7) is 10.7. The number of aromatic nitrogens is 2. The van der Waals surface area contributed by atoms with E-state index in [1.807, 2.05) is 23.4 Å². The molecule has 1 aromatic rings. The molecule has 9 heteroatoms. The Hall–Kier alpha value is -1.36. The Balaban J connectivity index is 0.00000364. The Morgan fingerprint density at radius 1 is 1.26 bits per heavy atom. The van der Waals surface area contributed by atoms with Crippen molar-refractivity contribution in [3.63, 3.8) is 0 Å². The molecule has 1 aliphatic rings. The molecule has 0 aliphatic carbocycles. The van der Waals surface area contributed by atoms with E-state index >= 15 is 0 Å². The van der Waals surface area contributed by atoms with Gasteiger partial charge >= 0.3 is 0 Å². The minimum absolute atomic E-state index is 0. The molecule has 0 aromatic carbocycles. The van der Waals surface area contributed by atoms with Crippen molar-refractivity contribution in [3.8, 4) is 0 Å². The number of rotatable bonds is 8. The molecule has 0 atom stereocenters. The van der Waals surface area contributed by atoms with Crippen LogP contribution in [0, 0.1) is 13.8 Å². The summed E-state index contributed by atoms with van der Waals surface area (Å²) < 4.78 is 7.09. The first-order chi connectivity index (χ1) is 12.6. The molecule has 0 radical (unpaired) electrons. The van der Waals surface area contributed by atoms with Crippen molar-refractivity contribution < 1.29 is 9.53 Å². The highest BCUT2D eigenvalue weighted by molar-refractivity contribution is 14.0. The fourth-order valence-electron chi connectivity index (χ4n) is 3.10. The molecule has 0 spiro atoms. The van der Waals surface area contributed by atoms with Crippen LogP contribution in [0.2, 0.25) is 0 Å². The number of guanidine groups is 1. The topological polar surface area (TPSA) is 83.8 Å². The maximum absolute atomic E-state index is 12.2. The summed E-state index contributed by atoms with van der Waals surface area (Å²) in [6, 6.07) is 0. The van der Waals surface area contributed by atoms with Gasteiger partial charge in [0.25, 0.3) is 0 Å². The third kappa shape index (κ3) is 6.95. The number of aryl methyl sites for hydroxylation is 1. The zero-order valence-corrected chi connectivity index (χ0v) is 19.2. The van der Waals surface area contributed by atoms with Crippen molar-refractivity contribution in [2.24, 2.45) is 4.99 Å². The Kier molecular flexibility index (Phi) is 10.7. The fourth-order valence-corrected chi connectivity index (χ4v) is 3.10. The molecule has 0 bridgehead atoms. The van der Waals surface area contributed by atoms with Crippen LogP contribution in [0.25, 0.3) is 0 Å². The minimum atomic E-state index is 0. The van der Waals surface area contributed by atoms with E-state index in [0.29, 0.717) is 19.1 Å². The van der Waals surface area contributed by atoms with Crippen molar-refractivity contribution in [1.29, 1.82) is 0 Å². The number of amides is 1. The van der Waals surface area contributed by atoms with Gasteiger partial charge < -0.3 is 20.3 Å². The van der Waals surface area contributed by atoms with Crippen LogP contribution in [0.15, 0.2) is 4.99 Å². The number of halogens is 1. The van der Waals surface area contributed by atoms with Gasteiger partial charge in [0.15, 0.2) is 5.96 Å². The van der Waals surface area contributed by atoms with E-state index in [9.17, 15) is 4.79 Å². The molecular weight excluding hydrogens is 459 g/mol. The van der Waals surface area contributed by atoms with Crippen LogP contribution < -0.4 is 10.6 Å². The van der Waals surface area contributed by atoms with E-state index in [4.69, 9.17) is 4.74 Å². The van der Waals surface area contributed by atoms with E-state index in [0.717, 1.165) is 56.0 Å². The first kappa shape index (κ1) is 23.7. The largest absolute Gasteiger partial charge is 0.383 e. The van der Waals surface area contributed by atoms with Crippen LogP contribution in [-0.4, -0.2) is 66.4 Å². The van der Waals surface area contributed by atoms with Crippen LogP contribution in [0.5, 0.6) is 0 Å². The average molecular weight is 492 g/mol. The molecule has 2 N–H and O–H groups in total. The quantitative estimate of drug-likeness (QED) is 0.326. The first-order valence-electron chi connectivity index (χ1n) is 9.38. The van der Waals surface area contributed by atoms with E-state index < -0.39 is 0 Å². The maximum atomic E-state index is 12.2. The summed E-state index contributed by atoms with van der Waals surface area (Å²) in [5.74, 6) is 0.788. The van der Waals surface area contributed by atoms with Crippen LogP contribution in [0.4, 0.5) is 0 Å². The molecule has 1 aliphatic heterocycles. The molecule has 2 rings (SSSR count). The zero-order chi connectivity index (χ0) is 18.9. The molecular formula is C18H33IN6O2. The van der Waals surface area contributed by atoms with Crippen LogP contribution in [0.3, 0.4) is 0 Å². The Morgan fingerprint density at radius 2 is 1.96 bits per heavy atom. The number of nitrogens with zero attached hydrogens (tertiary/aromatic N) is 4. The second-order valence-corrected chi connectivity index (χ2v) is 6.50. The number of hydrogen-bond acceptors (Lipinski definition) is 4. The lowest BCUT2D eigenvalue weighted by Gasteiger charge is -2.17. The summed E-state index contributed by atoms with van der Waals surface area (Å²) in [4.78, 5) is 18.7. The third-order valence-corrected chi connectivity index (χ3v) is 4.64. The van der Waals surface area contributed by atoms with Crippen LogP contribution >= 0.6 is 24.0 Å². The molecule has 2 heterocycles. The summed E-state index contributed by atoms with van der Waals surface area (Å²) >= 11 is 0. The van der Waals surface area contributed by atoms with Crippen molar-refractivity contribution >= 4 is 35.8 Å². The highest BCUT2D eigenvalue weighted by Gasteiger charge is 2.18. The molecule has 154 valence electrons. The normalized spacial score (nSPS) is 14.2. The van der Waals surface area contributed by atoms with E-state index in [2.05, 4.69) is 27.6 Å². The predicted molar refractivity (Wildman–Crippen MR) is 118 cm³/mol. The number of aliphatic imine (C=N–C) groups is 1. The molecule has 0 unspecified atom stereocenters. The minimum Gasteiger partial charge on any atom is -0.383 e. The Labute approximate surface area is 179 Å². The summed E-state index contributed by atoms with van der Waals surface area (Å²) in [5.41, 5.74) is 3.20. The monoisotopic (exact) mass is 492 g/mol. The van der Waals surface area contributed by atoms with Gasteiger partial charge in [-0.2, -0.15) is 5.10 Å². The molecule has 1 amide bonds. The van der Waals surface area contributed by atoms with Gasteiger partial charge in [0.1, 0.15) is 0 Å². The standard InChI is InChI=1S/C18H32N6O2.HI/c1-5-19-18(21-13-17(25)23-8-6-7-9-23)20-12-16-14(2)22-24(15(16)3)10-11-26-4;/h5-13H2,1-4H3,(H2,19,20,21);1H. The van der Waals surface area contributed by atoms with Crippen molar-refractivity contribution in [2.45, 2.75) is 46.7 Å². The van der Waals surface area contributed by atoms with Gasteiger partial charge in [-0.25, -0.2) is 4.99 Å². The number of likely N-dealkylation sites (tertiary alicyclic amines) is 1. The second-order valence-electron chi connectivity index (χ2n) is 6.50. The Morgan fingerprint density at radius 3 is 2.59 bits per heavy atom. The Bertz CT molecular complexity index is 626. The van der Waals surface area contributed by atoms with E-state index in [1.54, 1.807) is 7.11 Å². The number of methoxy groups -OCH3 is 1. The lowest BCUT2D eigenvalue weighted by molar-refractivity contribution is -0.128. The fraction of sp³-hybridized carbons (Fsp3) is 0.722. The smallest absolute Gasteiger partial charge is 0.241 e. The van der Waals surface area contributed by atoms with Gasteiger partial charge in [0.05, 0.1) is 31.9 Å². The van der Waals surface area contributed by atoms with E-state index in [-0.39, 0.29) is 36.4 Å². The lowest BCUT2D eigenvalue weighted by Crippen LogP contribution is -2.44. The number of carbonyl (C=O) groups excluding carboxylic acids is 1. The molecule has 27 heavy (non-hydrogen) atoms. The van der Waals surface area contributed by atoms with Gasteiger partial charge in [-0.1, -0.05) is 0 Å². The zero-order valence-electron chi connectivity index (χ0n) is 16.9. The lowest BCUT2D eigenvalue weighted by atomic mass is 10.2. The average Bonchev–Trinajstić information content (AvgIpc) is 3.25. The van der Waals surface area contributed by atoms with E-state index in [1.165, 1.54) is 0 Å². The second kappa shape index (κ2) is 12.2.